The smallest absolute Gasteiger partial charge is 0.259 e. The lowest BCUT2D eigenvalue weighted by Crippen LogP contribution is -2.27. The minimum absolute atomic E-state index is 0.165. The molecule has 1 heterocycles. The van der Waals surface area contributed by atoms with Crippen LogP contribution in [0.25, 0.3) is 0 Å². The SMILES string of the molecule is COc1ccccc1CN(C)C(=O)c1cnn(C)c1N. The Bertz CT molecular complexity index is 621. The molecule has 0 saturated heterocycles. The molecule has 0 bridgehead atoms. The van der Waals surface area contributed by atoms with Crippen molar-refractivity contribution in [2.24, 2.45) is 7.05 Å². The number of anilines is 1. The van der Waals surface area contributed by atoms with Gasteiger partial charge in [0.15, 0.2) is 0 Å². The van der Waals surface area contributed by atoms with Crippen molar-refractivity contribution in [1.29, 1.82) is 0 Å². The Labute approximate surface area is 117 Å². The maximum atomic E-state index is 12.3. The highest BCUT2D eigenvalue weighted by atomic mass is 16.5. The summed E-state index contributed by atoms with van der Waals surface area (Å²) in [6, 6.07) is 7.60. The van der Waals surface area contributed by atoms with Crippen molar-refractivity contribution >= 4 is 11.7 Å². The molecule has 6 nitrogen and oxygen atoms in total. The number of nitrogen functional groups attached to an aromatic ring is 1. The second-order valence-electron chi connectivity index (χ2n) is 4.54. The summed E-state index contributed by atoms with van der Waals surface area (Å²) < 4.78 is 6.76. The third-order valence-corrected chi connectivity index (χ3v) is 3.16. The van der Waals surface area contributed by atoms with Crippen LogP contribution in [0.4, 0.5) is 5.82 Å². The van der Waals surface area contributed by atoms with Crippen LogP contribution >= 0.6 is 0 Å². The molecule has 0 spiro atoms. The molecule has 20 heavy (non-hydrogen) atoms. The average molecular weight is 274 g/mol. The first-order valence-electron chi connectivity index (χ1n) is 6.19. The normalized spacial score (nSPS) is 10.3. The van der Waals surface area contributed by atoms with Crippen LogP contribution in [0.3, 0.4) is 0 Å². The molecule has 0 aliphatic carbocycles. The zero-order valence-electron chi connectivity index (χ0n) is 11.8. The Balaban J connectivity index is 2.18. The van der Waals surface area contributed by atoms with Crippen LogP contribution in [-0.2, 0) is 13.6 Å². The van der Waals surface area contributed by atoms with E-state index in [1.165, 1.54) is 10.9 Å². The Kier molecular flexibility index (Phi) is 3.93. The Morgan fingerprint density at radius 3 is 2.75 bits per heavy atom. The number of aromatic nitrogens is 2. The molecule has 1 amide bonds. The fourth-order valence-electron chi connectivity index (χ4n) is 1.98. The molecular weight excluding hydrogens is 256 g/mol. The molecule has 1 aromatic carbocycles. The van der Waals surface area contributed by atoms with E-state index in [1.54, 1.807) is 26.1 Å². The lowest BCUT2D eigenvalue weighted by atomic mass is 10.2. The van der Waals surface area contributed by atoms with Crippen molar-refractivity contribution in [1.82, 2.24) is 14.7 Å². The summed E-state index contributed by atoms with van der Waals surface area (Å²) in [6.07, 6.45) is 1.48. The first-order chi connectivity index (χ1) is 9.54. The van der Waals surface area contributed by atoms with Crippen molar-refractivity contribution < 1.29 is 9.53 Å². The number of amides is 1. The van der Waals surface area contributed by atoms with E-state index in [1.807, 2.05) is 24.3 Å². The van der Waals surface area contributed by atoms with Gasteiger partial charge >= 0.3 is 0 Å². The van der Waals surface area contributed by atoms with Crippen molar-refractivity contribution in [2.45, 2.75) is 6.54 Å². The molecule has 0 atom stereocenters. The molecule has 1 aromatic heterocycles. The molecule has 2 aromatic rings. The van der Waals surface area contributed by atoms with Gasteiger partial charge in [-0.15, -0.1) is 0 Å². The van der Waals surface area contributed by atoms with Gasteiger partial charge in [-0.3, -0.25) is 9.48 Å². The second-order valence-corrected chi connectivity index (χ2v) is 4.54. The van der Waals surface area contributed by atoms with E-state index in [2.05, 4.69) is 5.10 Å². The molecule has 0 radical (unpaired) electrons. The van der Waals surface area contributed by atoms with E-state index in [9.17, 15) is 4.79 Å². The summed E-state index contributed by atoms with van der Waals surface area (Å²) in [5, 5.41) is 3.98. The number of rotatable bonds is 4. The number of benzene rings is 1. The highest BCUT2D eigenvalue weighted by Gasteiger charge is 2.18. The molecule has 2 N–H and O–H groups in total. The predicted octanol–water partition coefficient (Wildman–Crippen LogP) is 1.28. The number of nitrogens with zero attached hydrogens (tertiary/aromatic N) is 3. The lowest BCUT2D eigenvalue weighted by Gasteiger charge is -2.18. The van der Waals surface area contributed by atoms with Gasteiger partial charge < -0.3 is 15.4 Å². The molecule has 0 unspecified atom stereocenters. The van der Waals surface area contributed by atoms with Gasteiger partial charge in [0.2, 0.25) is 0 Å². The van der Waals surface area contributed by atoms with E-state index < -0.39 is 0 Å². The number of para-hydroxylation sites is 1. The van der Waals surface area contributed by atoms with E-state index in [0.717, 1.165) is 11.3 Å². The number of methoxy groups -OCH3 is 1. The zero-order chi connectivity index (χ0) is 14.7. The number of carbonyl (C=O) groups excluding carboxylic acids is 1. The summed E-state index contributed by atoms with van der Waals surface area (Å²) in [5.74, 6) is 0.953. The molecule has 106 valence electrons. The maximum absolute atomic E-state index is 12.3. The number of hydrogen-bond acceptors (Lipinski definition) is 4. The number of hydrogen-bond donors (Lipinski definition) is 1. The first kappa shape index (κ1) is 13.9. The first-order valence-corrected chi connectivity index (χ1v) is 6.19. The van der Waals surface area contributed by atoms with Crippen molar-refractivity contribution in [3.8, 4) is 5.75 Å². The fourth-order valence-corrected chi connectivity index (χ4v) is 1.98. The number of carbonyl (C=O) groups is 1. The Morgan fingerprint density at radius 1 is 1.45 bits per heavy atom. The molecule has 2 rings (SSSR count). The third-order valence-electron chi connectivity index (χ3n) is 3.16. The van der Waals surface area contributed by atoms with E-state index >= 15 is 0 Å². The number of nitrogens with two attached hydrogens (primary N) is 1. The summed E-state index contributed by atoms with van der Waals surface area (Å²) in [7, 11) is 5.04. The van der Waals surface area contributed by atoms with Crippen LogP contribution in [0.1, 0.15) is 15.9 Å². The quantitative estimate of drug-likeness (QED) is 0.911. The molecular formula is C14H18N4O2. The van der Waals surface area contributed by atoms with Crippen LogP contribution in [0.2, 0.25) is 0 Å². The summed E-state index contributed by atoms with van der Waals surface area (Å²) in [5.41, 5.74) is 7.16. The standard InChI is InChI=1S/C14H18N4O2/c1-17(9-10-6-4-5-7-12(10)20-3)14(19)11-8-16-18(2)13(11)15/h4-8H,9,15H2,1-3H3. The fraction of sp³-hybridized carbons (Fsp3) is 0.286. The summed E-state index contributed by atoms with van der Waals surface area (Å²) in [6.45, 7) is 0.442. The second kappa shape index (κ2) is 5.64. The highest BCUT2D eigenvalue weighted by Crippen LogP contribution is 2.20. The van der Waals surface area contributed by atoms with Gasteiger partial charge in [0.1, 0.15) is 17.1 Å². The largest absolute Gasteiger partial charge is 0.496 e. The van der Waals surface area contributed by atoms with Gasteiger partial charge in [0.25, 0.3) is 5.91 Å². The van der Waals surface area contributed by atoms with E-state index in [4.69, 9.17) is 10.5 Å². The third kappa shape index (κ3) is 2.59. The van der Waals surface area contributed by atoms with Gasteiger partial charge in [-0.05, 0) is 6.07 Å². The van der Waals surface area contributed by atoms with Crippen molar-refractivity contribution in [2.75, 3.05) is 19.9 Å². The average Bonchev–Trinajstić information content (AvgIpc) is 2.78. The summed E-state index contributed by atoms with van der Waals surface area (Å²) >= 11 is 0. The van der Waals surface area contributed by atoms with Gasteiger partial charge in [-0.1, -0.05) is 18.2 Å². The summed E-state index contributed by atoms with van der Waals surface area (Å²) in [4.78, 5) is 13.9. The topological polar surface area (TPSA) is 73.4 Å². The number of aryl methyl sites for hydroxylation is 1. The zero-order valence-corrected chi connectivity index (χ0v) is 11.8. The monoisotopic (exact) mass is 274 g/mol. The van der Waals surface area contributed by atoms with Crippen LogP contribution < -0.4 is 10.5 Å². The molecule has 0 fully saturated rings. The van der Waals surface area contributed by atoms with E-state index in [-0.39, 0.29) is 5.91 Å². The molecule has 0 aliphatic rings. The van der Waals surface area contributed by atoms with Gasteiger partial charge in [-0.25, -0.2) is 0 Å². The van der Waals surface area contributed by atoms with Crippen LogP contribution in [0.15, 0.2) is 30.5 Å². The Morgan fingerprint density at radius 2 is 2.15 bits per heavy atom. The minimum atomic E-state index is -0.165. The highest BCUT2D eigenvalue weighted by molar-refractivity contribution is 5.98. The van der Waals surface area contributed by atoms with Crippen LogP contribution in [-0.4, -0.2) is 34.7 Å². The number of ether oxygens (including phenoxy) is 1. The van der Waals surface area contributed by atoms with Crippen molar-refractivity contribution in [3.05, 3.63) is 41.6 Å². The van der Waals surface area contributed by atoms with Gasteiger partial charge in [0.05, 0.1) is 13.3 Å². The van der Waals surface area contributed by atoms with Crippen LogP contribution in [0, 0.1) is 0 Å². The van der Waals surface area contributed by atoms with Gasteiger partial charge in [-0.2, -0.15) is 5.10 Å². The lowest BCUT2D eigenvalue weighted by molar-refractivity contribution is 0.0785. The Hall–Kier alpha value is -2.50. The van der Waals surface area contributed by atoms with Gasteiger partial charge in [0, 0.05) is 26.2 Å². The van der Waals surface area contributed by atoms with Crippen molar-refractivity contribution in [3.63, 3.8) is 0 Å². The molecule has 0 saturated carbocycles. The van der Waals surface area contributed by atoms with E-state index in [0.29, 0.717) is 17.9 Å². The minimum Gasteiger partial charge on any atom is -0.496 e. The molecule has 0 aliphatic heterocycles. The van der Waals surface area contributed by atoms with Crippen LogP contribution in [0.5, 0.6) is 5.75 Å². The molecule has 6 heteroatoms. The maximum Gasteiger partial charge on any atom is 0.259 e. The predicted molar refractivity (Wildman–Crippen MR) is 76.4 cm³/mol.